The molecule has 3 rings (SSSR count). The Morgan fingerprint density at radius 2 is 1.93 bits per heavy atom. The molecule has 2 aromatic carbocycles. The molecule has 0 N–H and O–H groups in total. The van der Waals surface area contributed by atoms with Crippen LogP contribution in [-0.4, -0.2) is 13.3 Å². The third kappa shape index (κ3) is 4.96. The van der Waals surface area contributed by atoms with E-state index in [2.05, 4.69) is 4.74 Å². The number of methoxy groups -OCH3 is 1. The summed E-state index contributed by atoms with van der Waals surface area (Å²) in [4.78, 5) is 11.6. The van der Waals surface area contributed by atoms with E-state index in [0.29, 0.717) is 17.5 Å². The molecule has 0 atom stereocenters. The van der Waals surface area contributed by atoms with E-state index in [0.717, 1.165) is 24.5 Å². The van der Waals surface area contributed by atoms with Crippen LogP contribution in [0.5, 0.6) is 11.5 Å². The summed E-state index contributed by atoms with van der Waals surface area (Å²) in [6, 6.07) is 7.33. The second kappa shape index (κ2) is 8.53. The SMILES string of the molecule is CCc1cc(C(F)(F)F)c(OCc2c(OC(=O)OC)cccc2C2CC2)cc1Cl. The number of alkyl halides is 3. The highest BCUT2D eigenvalue weighted by atomic mass is 35.5. The number of hydrogen-bond donors (Lipinski definition) is 0. The number of ether oxygens (including phenoxy) is 3. The largest absolute Gasteiger partial charge is 0.513 e. The zero-order chi connectivity index (χ0) is 21.2. The molecule has 0 aliphatic heterocycles. The first-order valence-corrected chi connectivity index (χ1v) is 9.52. The summed E-state index contributed by atoms with van der Waals surface area (Å²) in [7, 11) is 1.18. The molecule has 0 aromatic heterocycles. The lowest BCUT2D eigenvalue weighted by Gasteiger charge is -2.19. The maximum atomic E-state index is 13.5. The molecule has 156 valence electrons. The monoisotopic (exact) mass is 428 g/mol. The molecule has 1 aliphatic carbocycles. The standard InChI is InChI=1S/C21H20ClF3O4/c1-3-12-9-16(21(23,24)25)19(10-17(12)22)28-11-15-14(13-7-8-13)5-4-6-18(15)29-20(26)27-2/h4-6,9-10,13H,3,7-8,11H2,1-2H3. The predicted octanol–water partition coefficient (Wildman–Crippen LogP) is 6.52. The Morgan fingerprint density at radius 1 is 1.21 bits per heavy atom. The van der Waals surface area contributed by atoms with Gasteiger partial charge in [-0.15, -0.1) is 0 Å². The fraction of sp³-hybridized carbons (Fsp3) is 0.381. The summed E-state index contributed by atoms with van der Waals surface area (Å²) in [5, 5.41) is 0.206. The Hall–Kier alpha value is -2.41. The van der Waals surface area contributed by atoms with Gasteiger partial charge in [-0.2, -0.15) is 13.2 Å². The molecular formula is C21H20ClF3O4. The maximum Gasteiger partial charge on any atom is 0.513 e. The summed E-state index contributed by atoms with van der Waals surface area (Å²) in [6.45, 7) is 1.52. The van der Waals surface area contributed by atoms with Gasteiger partial charge in [0.15, 0.2) is 0 Å². The molecule has 29 heavy (non-hydrogen) atoms. The molecular weight excluding hydrogens is 409 g/mol. The topological polar surface area (TPSA) is 44.8 Å². The van der Waals surface area contributed by atoms with Gasteiger partial charge in [-0.1, -0.05) is 30.7 Å². The highest BCUT2D eigenvalue weighted by molar-refractivity contribution is 6.31. The van der Waals surface area contributed by atoms with Gasteiger partial charge in [-0.3, -0.25) is 0 Å². The van der Waals surface area contributed by atoms with Crippen molar-refractivity contribution in [1.29, 1.82) is 0 Å². The van der Waals surface area contributed by atoms with Crippen LogP contribution >= 0.6 is 11.6 Å². The molecule has 1 saturated carbocycles. The Labute approximate surface area is 171 Å². The Kier molecular flexibility index (Phi) is 6.27. The van der Waals surface area contributed by atoms with E-state index in [9.17, 15) is 18.0 Å². The van der Waals surface area contributed by atoms with Crippen molar-refractivity contribution in [2.45, 2.75) is 44.9 Å². The minimum Gasteiger partial charge on any atom is -0.488 e. The van der Waals surface area contributed by atoms with Crippen molar-refractivity contribution in [3.63, 3.8) is 0 Å². The molecule has 0 heterocycles. The van der Waals surface area contributed by atoms with Crippen molar-refractivity contribution >= 4 is 17.8 Å². The first-order chi connectivity index (χ1) is 13.7. The van der Waals surface area contributed by atoms with Gasteiger partial charge < -0.3 is 14.2 Å². The van der Waals surface area contributed by atoms with E-state index < -0.39 is 17.9 Å². The minimum atomic E-state index is -4.59. The Bertz CT molecular complexity index is 908. The smallest absolute Gasteiger partial charge is 0.488 e. The lowest BCUT2D eigenvalue weighted by Crippen LogP contribution is -2.13. The van der Waals surface area contributed by atoms with Crippen LogP contribution in [0.3, 0.4) is 0 Å². The van der Waals surface area contributed by atoms with Gasteiger partial charge in [0.2, 0.25) is 0 Å². The van der Waals surface area contributed by atoms with Crippen molar-refractivity contribution in [2.24, 2.45) is 0 Å². The second-order valence-corrected chi connectivity index (χ2v) is 7.14. The van der Waals surface area contributed by atoms with Gasteiger partial charge >= 0.3 is 12.3 Å². The maximum absolute atomic E-state index is 13.5. The normalized spacial score (nSPS) is 13.9. The fourth-order valence-corrected chi connectivity index (χ4v) is 3.39. The van der Waals surface area contributed by atoms with Crippen LogP contribution in [0, 0.1) is 0 Å². The molecule has 0 saturated heterocycles. The minimum absolute atomic E-state index is 0.200. The summed E-state index contributed by atoms with van der Waals surface area (Å²) < 4.78 is 55.8. The fourth-order valence-electron chi connectivity index (χ4n) is 3.10. The number of aryl methyl sites for hydroxylation is 1. The van der Waals surface area contributed by atoms with Crippen LogP contribution in [0.2, 0.25) is 5.02 Å². The Balaban J connectivity index is 1.95. The van der Waals surface area contributed by atoms with Crippen molar-refractivity contribution in [1.82, 2.24) is 0 Å². The molecule has 8 heteroatoms. The predicted molar refractivity (Wildman–Crippen MR) is 102 cm³/mol. The van der Waals surface area contributed by atoms with Crippen LogP contribution in [0.1, 0.15) is 47.9 Å². The van der Waals surface area contributed by atoms with Gasteiger partial charge in [0.05, 0.1) is 12.7 Å². The van der Waals surface area contributed by atoms with Gasteiger partial charge in [0.1, 0.15) is 18.1 Å². The van der Waals surface area contributed by atoms with E-state index in [1.165, 1.54) is 13.2 Å². The number of halogens is 4. The van der Waals surface area contributed by atoms with E-state index in [4.69, 9.17) is 21.1 Å². The summed E-state index contributed by atoms with van der Waals surface area (Å²) in [5.41, 5.74) is 0.901. The number of carbonyl (C=O) groups excluding carboxylic acids is 1. The molecule has 0 bridgehead atoms. The zero-order valence-electron chi connectivity index (χ0n) is 15.9. The van der Waals surface area contributed by atoms with Crippen LogP contribution in [0.4, 0.5) is 18.0 Å². The molecule has 4 nitrogen and oxygen atoms in total. The lowest BCUT2D eigenvalue weighted by atomic mass is 10.0. The van der Waals surface area contributed by atoms with Crippen molar-refractivity contribution < 1.29 is 32.2 Å². The summed E-state index contributed by atoms with van der Waals surface area (Å²) >= 11 is 6.11. The number of rotatable bonds is 6. The second-order valence-electron chi connectivity index (χ2n) is 6.73. The van der Waals surface area contributed by atoms with Gasteiger partial charge in [-0.05, 0) is 54.5 Å². The zero-order valence-corrected chi connectivity index (χ0v) is 16.7. The molecule has 1 fully saturated rings. The molecule has 2 aromatic rings. The van der Waals surface area contributed by atoms with Crippen molar-refractivity contribution in [3.8, 4) is 11.5 Å². The number of hydrogen-bond acceptors (Lipinski definition) is 4. The third-order valence-corrected chi connectivity index (χ3v) is 5.11. The molecule has 0 spiro atoms. The molecule has 0 unspecified atom stereocenters. The van der Waals surface area contributed by atoms with Crippen molar-refractivity contribution in [3.05, 3.63) is 57.6 Å². The van der Waals surface area contributed by atoms with Crippen LogP contribution in [0.15, 0.2) is 30.3 Å². The van der Waals surface area contributed by atoms with E-state index in [1.54, 1.807) is 19.1 Å². The van der Waals surface area contributed by atoms with Crippen LogP contribution < -0.4 is 9.47 Å². The van der Waals surface area contributed by atoms with Crippen LogP contribution in [0.25, 0.3) is 0 Å². The highest BCUT2D eigenvalue weighted by Gasteiger charge is 2.36. The number of carbonyl (C=O) groups is 1. The van der Waals surface area contributed by atoms with Gasteiger partial charge in [0.25, 0.3) is 0 Å². The molecule has 0 radical (unpaired) electrons. The van der Waals surface area contributed by atoms with Gasteiger partial charge in [-0.25, -0.2) is 4.79 Å². The van der Waals surface area contributed by atoms with Gasteiger partial charge in [0, 0.05) is 10.6 Å². The summed E-state index contributed by atoms with van der Waals surface area (Å²) in [5.74, 6) is 0.100. The van der Waals surface area contributed by atoms with Crippen molar-refractivity contribution in [2.75, 3.05) is 7.11 Å². The lowest BCUT2D eigenvalue weighted by molar-refractivity contribution is -0.139. The van der Waals surface area contributed by atoms with Crippen LogP contribution in [-0.2, 0) is 23.9 Å². The van der Waals surface area contributed by atoms with E-state index >= 15 is 0 Å². The van der Waals surface area contributed by atoms with E-state index in [1.807, 2.05) is 6.07 Å². The molecule has 0 amide bonds. The average Bonchev–Trinajstić information content (AvgIpc) is 3.50. The first-order valence-electron chi connectivity index (χ1n) is 9.14. The Morgan fingerprint density at radius 3 is 2.52 bits per heavy atom. The average molecular weight is 429 g/mol. The van der Waals surface area contributed by atoms with E-state index in [-0.39, 0.29) is 29.0 Å². The first kappa shape index (κ1) is 21.3. The summed E-state index contributed by atoms with van der Waals surface area (Å²) in [6.07, 6.45) is -3.22. The highest BCUT2D eigenvalue weighted by Crippen LogP contribution is 2.45. The number of benzene rings is 2. The molecule has 1 aliphatic rings. The third-order valence-electron chi connectivity index (χ3n) is 4.75. The quantitative estimate of drug-likeness (QED) is 0.388.